The van der Waals surface area contributed by atoms with Crippen molar-refractivity contribution in [1.29, 1.82) is 0 Å². The molecule has 3 N–H and O–H groups in total. The Bertz CT molecular complexity index is 447. The minimum absolute atomic E-state index is 0. The van der Waals surface area contributed by atoms with E-state index in [1.807, 2.05) is 0 Å². The predicted octanol–water partition coefficient (Wildman–Crippen LogP) is 1.33. The summed E-state index contributed by atoms with van der Waals surface area (Å²) in [5.74, 6) is 0.711. The molecule has 0 aromatic rings. The van der Waals surface area contributed by atoms with Crippen LogP contribution in [0.15, 0.2) is 4.99 Å². The summed E-state index contributed by atoms with van der Waals surface area (Å²) in [4.78, 5) is 18.8. The Balaban J connectivity index is 0.00000338. The monoisotopic (exact) mass is 481 g/mol. The Morgan fingerprint density at radius 1 is 1.15 bits per heavy atom. The number of nitrogens with one attached hydrogen (secondary N) is 3. The lowest BCUT2D eigenvalue weighted by atomic mass is 9.95. The summed E-state index contributed by atoms with van der Waals surface area (Å²) in [7, 11) is 1.73. The van der Waals surface area contributed by atoms with Gasteiger partial charge in [-0.15, -0.1) is 24.0 Å². The number of ether oxygens (including phenoxy) is 1. The van der Waals surface area contributed by atoms with Gasteiger partial charge in [0, 0.05) is 38.3 Å². The van der Waals surface area contributed by atoms with E-state index in [1.54, 1.807) is 7.05 Å². The minimum atomic E-state index is 0. The first kappa shape index (κ1) is 23.4. The van der Waals surface area contributed by atoms with Crippen LogP contribution in [0, 0.1) is 0 Å². The summed E-state index contributed by atoms with van der Waals surface area (Å²) >= 11 is 0. The highest BCUT2D eigenvalue weighted by atomic mass is 127. The van der Waals surface area contributed by atoms with E-state index < -0.39 is 0 Å². The molecule has 0 unspecified atom stereocenters. The second kappa shape index (κ2) is 12.0. The van der Waals surface area contributed by atoms with Gasteiger partial charge in [-0.05, 0) is 26.7 Å². The van der Waals surface area contributed by atoms with Crippen molar-refractivity contribution in [2.75, 3.05) is 46.4 Å². The van der Waals surface area contributed by atoms with E-state index in [-0.39, 0.29) is 42.0 Å². The number of rotatable bonds is 6. The van der Waals surface area contributed by atoms with E-state index in [2.05, 4.69) is 39.7 Å². The number of carbonyl (C=O) groups excluding carboxylic acids is 1. The number of nitrogens with zero attached hydrogens (tertiary/aromatic N) is 2. The van der Waals surface area contributed by atoms with E-state index in [1.165, 1.54) is 19.3 Å². The number of hydrogen-bond acceptors (Lipinski definition) is 4. The molecule has 1 aliphatic heterocycles. The van der Waals surface area contributed by atoms with Gasteiger partial charge in [0.1, 0.15) is 0 Å². The third-order valence-electron chi connectivity index (χ3n) is 5.17. The zero-order valence-corrected chi connectivity index (χ0v) is 18.8. The fourth-order valence-corrected chi connectivity index (χ4v) is 3.49. The molecular weight excluding hydrogens is 445 g/mol. The molecule has 0 aromatic heterocycles. The van der Waals surface area contributed by atoms with Gasteiger partial charge in [0.2, 0.25) is 5.91 Å². The van der Waals surface area contributed by atoms with Crippen molar-refractivity contribution >= 4 is 35.8 Å². The molecule has 2 rings (SSSR count). The zero-order valence-electron chi connectivity index (χ0n) is 16.5. The Morgan fingerprint density at radius 2 is 1.81 bits per heavy atom. The van der Waals surface area contributed by atoms with Crippen LogP contribution >= 0.6 is 24.0 Å². The Kier molecular flexibility index (Phi) is 10.8. The first-order valence-corrected chi connectivity index (χ1v) is 9.58. The van der Waals surface area contributed by atoms with Crippen molar-refractivity contribution in [2.45, 2.75) is 57.5 Å². The molecule has 0 radical (unpaired) electrons. The lowest BCUT2D eigenvalue weighted by Crippen LogP contribution is -2.57. The molecule has 2 aliphatic rings. The summed E-state index contributed by atoms with van der Waals surface area (Å²) in [5, 5.41) is 9.58. The second-order valence-corrected chi connectivity index (χ2v) is 7.59. The molecule has 1 saturated heterocycles. The van der Waals surface area contributed by atoms with Gasteiger partial charge >= 0.3 is 0 Å². The third kappa shape index (κ3) is 7.96. The molecule has 0 spiro atoms. The predicted molar refractivity (Wildman–Crippen MR) is 116 cm³/mol. The average Bonchev–Trinajstić information content (AvgIpc) is 2.63. The molecule has 1 amide bonds. The first-order chi connectivity index (χ1) is 12.0. The summed E-state index contributed by atoms with van der Waals surface area (Å²) in [6.07, 6.45) is 5.94. The average molecular weight is 481 g/mol. The van der Waals surface area contributed by atoms with Crippen LogP contribution in [0.25, 0.3) is 0 Å². The molecule has 7 nitrogen and oxygen atoms in total. The quantitative estimate of drug-likeness (QED) is 0.303. The highest BCUT2D eigenvalue weighted by Gasteiger charge is 2.28. The van der Waals surface area contributed by atoms with Gasteiger partial charge in [-0.25, -0.2) is 0 Å². The SMILES string of the molecule is CN=C(NCC(=O)NC1CCCCC1)NCC(C)(C)N1CCOCC1.I. The lowest BCUT2D eigenvalue weighted by molar-refractivity contribution is -0.120. The van der Waals surface area contributed by atoms with E-state index in [0.29, 0.717) is 12.0 Å². The highest BCUT2D eigenvalue weighted by Crippen LogP contribution is 2.17. The van der Waals surface area contributed by atoms with Crippen LogP contribution in [0.5, 0.6) is 0 Å². The number of carbonyl (C=O) groups is 1. The van der Waals surface area contributed by atoms with Crippen molar-refractivity contribution in [1.82, 2.24) is 20.9 Å². The third-order valence-corrected chi connectivity index (χ3v) is 5.17. The summed E-state index contributed by atoms with van der Waals surface area (Å²) in [6.45, 7) is 8.93. The van der Waals surface area contributed by atoms with Crippen LogP contribution in [-0.2, 0) is 9.53 Å². The van der Waals surface area contributed by atoms with Gasteiger partial charge in [0.25, 0.3) is 0 Å². The van der Waals surface area contributed by atoms with Crippen molar-refractivity contribution in [3.05, 3.63) is 0 Å². The maximum absolute atomic E-state index is 12.1. The van der Waals surface area contributed by atoms with Crippen molar-refractivity contribution in [3.8, 4) is 0 Å². The van der Waals surface area contributed by atoms with Gasteiger partial charge in [-0.3, -0.25) is 14.7 Å². The minimum Gasteiger partial charge on any atom is -0.379 e. The van der Waals surface area contributed by atoms with Gasteiger partial charge in [0.05, 0.1) is 19.8 Å². The molecule has 2 fully saturated rings. The summed E-state index contributed by atoms with van der Waals surface area (Å²) in [5.41, 5.74) is 0.00571. The second-order valence-electron chi connectivity index (χ2n) is 7.59. The zero-order chi connectivity index (χ0) is 18.1. The maximum Gasteiger partial charge on any atom is 0.239 e. The van der Waals surface area contributed by atoms with Crippen LogP contribution < -0.4 is 16.0 Å². The maximum atomic E-state index is 12.1. The Hall–Kier alpha value is -0.610. The molecule has 1 aliphatic carbocycles. The van der Waals surface area contributed by atoms with Crippen LogP contribution in [0.3, 0.4) is 0 Å². The van der Waals surface area contributed by atoms with Crippen LogP contribution in [0.4, 0.5) is 0 Å². The van der Waals surface area contributed by atoms with Crippen molar-refractivity contribution in [3.63, 3.8) is 0 Å². The van der Waals surface area contributed by atoms with Crippen LogP contribution in [0.2, 0.25) is 0 Å². The van der Waals surface area contributed by atoms with Gasteiger partial charge in [-0.2, -0.15) is 0 Å². The number of aliphatic imine (C=N–C) groups is 1. The smallest absolute Gasteiger partial charge is 0.239 e. The summed E-state index contributed by atoms with van der Waals surface area (Å²) in [6, 6.07) is 0.346. The molecule has 0 aromatic carbocycles. The van der Waals surface area contributed by atoms with E-state index in [9.17, 15) is 4.79 Å². The molecule has 152 valence electrons. The largest absolute Gasteiger partial charge is 0.379 e. The number of amides is 1. The lowest BCUT2D eigenvalue weighted by Gasteiger charge is -2.41. The van der Waals surface area contributed by atoms with Crippen molar-refractivity contribution in [2.24, 2.45) is 4.99 Å². The summed E-state index contributed by atoms with van der Waals surface area (Å²) < 4.78 is 5.43. The molecule has 8 heteroatoms. The standard InChI is InChI=1S/C18H35N5O2.HI/c1-18(2,23-9-11-25-12-10-23)14-21-17(19-3)20-13-16(24)22-15-7-5-4-6-8-15;/h15H,4-14H2,1-3H3,(H,22,24)(H2,19,20,21);1H. The molecule has 1 heterocycles. The van der Waals surface area contributed by atoms with Gasteiger partial charge in [0.15, 0.2) is 5.96 Å². The first-order valence-electron chi connectivity index (χ1n) is 9.58. The Labute approximate surface area is 175 Å². The topological polar surface area (TPSA) is 78.0 Å². The van der Waals surface area contributed by atoms with Crippen LogP contribution in [-0.4, -0.2) is 74.8 Å². The normalized spacial score (nSPS) is 20.2. The van der Waals surface area contributed by atoms with Gasteiger partial charge in [-0.1, -0.05) is 19.3 Å². The fraction of sp³-hybridized carbons (Fsp3) is 0.889. The molecule has 1 saturated carbocycles. The molecule has 0 bridgehead atoms. The Morgan fingerprint density at radius 3 is 2.42 bits per heavy atom. The van der Waals surface area contributed by atoms with E-state index in [0.717, 1.165) is 45.7 Å². The fourth-order valence-electron chi connectivity index (χ4n) is 3.49. The van der Waals surface area contributed by atoms with Crippen LogP contribution in [0.1, 0.15) is 46.0 Å². The molecule has 0 atom stereocenters. The number of morpholine rings is 1. The van der Waals surface area contributed by atoms with E-state index >= 15 is 0 Å². The molecular formula is C18H36IN5O2. The number of guanidine groups is 1. The van der Waals surface area contributed by atoms with Crippen molar-refractivity contribution < 1.29 is 9.53 Å². The number of halogens is 1. The van der Waals surface area contributed by atoms with E-state index in [4.69, 9.17) is 4.74 Å². The molecule has 26 heavy (non-hydrogen) atoms. The highest BCUT2D eigenvalue weighted by molar-refractivity contribution is 14.0. The number of hydrogen-bond donors (Lipinski definition) is 3. The van der Waals surface area contributed by atoms with Gasteiger partial charge < -0.3 is 20.7 Å².